The van der Waals surface area contributed by atoms with E-state index in [1.165, 1.54) is 21.0 Å². The van der Waals surface area contributed by atoms with Crippen LogP contribution in [-0.2, 0) is 16.9 Å². The molecule has 4 heteroatoms. The van der Waals surface area contributed by atoms with E-state index in [1.54, 1.807) is 32.0 Å². The molecule has 3 nitrogen and oxygen atoms in total. The van der Waals surface area contributed by atoms with E-state index in [1.807, 2.05) is 0 Å². The minimum absolute atomic E-state index is 0.287. The lowest BCUT2D eigenvalue weighted by atomic mass is 9.84. The normalized spacial score (nSPS) is 12.3. The summed E-state index contributed by atoms with van der Waals surface area (Å²) in [6.45, 7) is 6.23. The predicted molar refractivity (Wildman–Crippen MR) is 72.2 cm³/mol. The zero-order valence-electron chi connectivity index (χ0n) is 12.1. The molecule has 0 unspecified atom stereocenters. The molecule has 0 amide bonds. The van der Waals surface area contributed by atoms with Crippen molar-refractivity contribution in [1.82, 2.24) is 0 Å². The van der Waals surface area contributed by atoms with Crippen LogP contribution in [0, 0.1) is 5.41 Å². The fourth-order valence-corrected chi connectivity index (χ4v) is 1.84. The van der Waals surface area contributed by atoms with Crippen LogP contribution in [0.2, 0.25) is 0 Å². The van der Waals surface area contributed by atoms with Gasteiger partial charge in [-0.2, -0.15) is 0 Å². The summed E-state index contributed by atoms with van der Waals surface area (Å²) < 4.78 is 19.2. The first-order valence-corrected chi connectivity index (χ1v) is 6.17. The molecule has 0 atom stereocenters. The predicted octanol–water partition coefficient (Wildman–Crippen LogP) is 3.55. The highest BCUT2D eigenvalue weighted by molar-refractivity contribution is 5.74. The van der Waals surface area contributed by atoms with Crippen LogP contribution in [0.3, 0.4) is 0 Å². The number of methoxy groups -OCH3 is 1. The number of carboxylic acid groups (broad SMARTS) is 1. The van der Waals surface area contributed by atoms with Gasteiger partial charge >= 0.3 is 5.97 Å². The monoisotopic (exact) mass is 268 g/mol. The van der Waals surface area contributed by atoms with E-state index < -0.39 is 17.1 Å². The summed E-state index contributed by atoms with van der Waals surface area (Å²) in [5.41, 5.74) is -1.16. The van der Waals surface area contributed by atoms with Crippen molar-refractivity contribution in [3.63, 3.8) is 0 Å². The first kappa shape index (κ1) is 15.5. The van der Waals surface area contributed by atoms with E-state index in [0.717, 1.165) is 0 Å². The van der Waals surface area contributed by atoms with Gasteiger partial charge in [0.05, 0.1) is 12.5 Å². The van der Waals surface area contributed by atoms with Gasteiger partial charge in [-0.05, 0) is 57.4 Å². The Hall–Kier alpha value is -1.58. The number of halogens is 1. The molecule has 0 aliphatic heterocycles. The summed E-state index contributed by atoms with van der Waals surface area (Å²) in [6.07, 6.45) is 0.287. The summed E-state index contributed by atoms with van der Waals surface area (Å²) in [7, 11) is 1.52. The lowest BCUT2D eigenvalue weighted by Gasteiger charge is -2.23. The zero-order valence-corrected chi connectivity index (χ0v) is 12.1. The van der Waals surface area contributed by atoms with E-state index >= 15 is 0 Å². The summed E-state index contributed by atoms with van der Waals surface area (Å²) in [4.78, 5) is 11.2. The molecule has 1 aromatic rings. The molecule has 1 rings (SSSR count). The van der Waals surface area contributed by atoms with Crippen LogP contribution in [-0.4, -0.2) is 18.2 Å². The minimum atomic E-state index is -1.46. The van der Waals surface area contributed by atoms with Crippen molar-refractivity contribution in [1.29, 1.82) is 0 Å². The molecule has 0 aliphatic rings. The topological polar surface area (TPSA) is 46.5 Å². The van der Waals surface area contributed by atoms with Crippen LogP contribution in [0.25, 0.3) is 0 Å². The Morgan fingerprint density at radius 2 is 1.89 bits per heavy atom. The second kappa shape index (κ2) is 5.19. The van der Waals surface area contributed by atoms with Crippen molar-refractivity contribution >= 4 is 5.97 Å². The number of carboxylic acids is 1. The summed E-state index contributed by atoms with van der Waals surface area (Å²) >= 11 is 0. The lowest BCUT2D eigenvalue weighted by Crippen LogP contribution is -2.26. The van der Waals surface area contributed by atoms with Gasteiger partial charge in [-0.1, -0.05) is 6.07 Å². The Morgan fingerprint density at radius 1 is 1.32 bits per heavy atom. The fraction of sp³-hybridized carbons (Fsp3) is 0.533. The molecule has 0 heterocycles. The minimum Gasteiger partial charge on any atom is -0.496 e. The van der Waals surface area contributed by atoms with Crippen LogP contribution in [0.15, 0.2) is 18.2 Å². The van der Waals surface area contributed by atoms with Gasteiger partial charge in [0.25, 0.3) is 0 Å². The molecule has 0 aliphatic carbocycles. The first-order chi connectivity index (χ1) is 8.58. The summed E-state index contributed by atoms with van der Waals surface area (Å²) in [6, 6.07) is 5.03. The SMILES string of the molecule is COc1ccc(C(C)(C)F)cc1CC(C)(C)C(=O)O. The zero-order chi connectivity index (χ0) is 14.8. The van der Waals surface area contributed by atoms with Gasteiger partial charge < -0.3 is 9.84 Å². The Balaban J connectivity index is 3.21. The van der Waals surface area contributed by atoms with Gasteiger partial charge in [-0.15, -0.1) is 0 Å². The van der Waals surface area contributed by atoms with Gasteiger partial charge in [0, 0.05) is 0 Å². The third kappa shape index (κ3) is 3.69. The van der Waals surface area contributed by atoms with Gasteiger partial charge in [-0.25, -0.2) is 4.39 Å². The van der Waals surface area contributed by atoms with E-state index in [9.17, 15) is 14.3 Å². The van der Waals surface area contributed by atoms with E-state index in [-0.39, 0.29) is 6.42 Å². The Morgan fingerprint density at radius 3 is 2.32 bits per heavy atom. The van der Waals surface area contributed by atoms with E-state index in [0.29, 0.717) is 16.9 Å². The molecule has 0 fully saturated rings. The average Bonchev–Trinajstić information content (AvgIpc) is 2.27. The van der Waals surface area contributed by atoms with Crippen molar-refractivity contribution in [2.45, 2.75) is 39.8 Å². The Labute approximate surface area is 113 Å². The van der Waals surface area contributed by atoms with Crippen LogP contribution in [0.5, 0.6) is 5.75 Å². The van der Waals surface area contributed by atoms with Crippen molar-refractivity contribution in [3.8, 4) is 5.75 Å². The van der Waals surface area contributed by atoms with Gasteiger partial charge in [0.2, 0.25) is 0 Å². The van der Waals surface area contributed by atoms with Crippen molar-refractivity contribution in [3.05, 3.63) is 29.3 Å². The molecule has 0 aromatic heterocycles. The molecule has 0 spiro atoms. The largest absolute Gasteiger partial charge is 0.496 e. The highest BCUT2D eigenvalue weighted by Gasteiger charge is 2.29. The first-order valence-electron chi connectivity index (χ1n) is 6.17. The molecule has 0 saturated heterocycles. The maximum atomic E-state index is 14.0. The quantitative estimate of drug-likeness (QED) is 0.888. The molecule has 0 radical (unpaired) electrons. The highest BCUT2D eigenvalue weighted by atomic mass is 19.1. The van der Waals surface area contributed by atoms with Gasteiger partial charge in [0.15, 0.2) is 0 Å². The molecular weight excluding hydrogens is 247 g/mol. The van der Waals surface area contributed by atoms with Crippen LogP contribution in [0.4, 0.5) is 4.39 Å². The third-order valence-electron chi connectivity index (χ3n) is 3.18. The molecular formula is C15H21FO3. The average molecular weight is 268 g/mol. The van der Waals surface area contributed by atoms with Gasteiger partial charge in [0.1, 0.15) is 11.4 Å². The van der Waals surface area contributed by atoms with Gasteiger partial charge in [-0.3, -0.25) is 4.79 Å². The third-order valence-corrected chi connectivity index (χ3v) is 3.18. The number of hydrogen-bond donors (Lipinski definition) is 1. The second-order valence-corrected chi connectivity index (χ2v) is 5.86. The molecule has 0 bridgehead atoms. The summed E-state index contributed by atoms with van der Waals surface area (Å²) in [5.74, 6) is -0.304. The summed E-state index contributed by atoms with van der Waals surface area (Å²) in [5, 5.41) is 9.18. The number of ether oxygens (including phenoxy) is 1. The fourth-order valence-electron chi connectivity index (χ4n) is 1.84. The van der Waals surface area contributed by atoms with Crippen LogP contribution >= 0.6 is 0 Å². The highest BCUT2D eigenvalue weighted by Crippen LogP contribution is 2.33. The molecule has 0 saturated carbocycles. The number of rotatable bonds is 5. The molecule has 1 N–H and O–H groups in total. The molecule has 106 valence electrons. The van der Waals surface area contributed by atoms with Crippen molar-refractivity contribution < 1.29 is 19.0 Å². The number of benzene rings is 1. The number of carbonyl (C=O) groups is 1. The Bertz CT molecular complexity index is 473. The second-order valence-electron chi connectivity index (χ2n) is 5.86. The Kier molecular flexibility index (Phi) is 4.23. The van der Waals surface area contributed by atoms with E-state index in [4.69, 9.17) is 4.74 Å². The smallest absolute Gasteiger partial charge is 0.309 e. The number of hydrogen-bond acceptors (Lipinski definition) is 2. The molecule has 19 heavy (non-hydrogen) atoms. The van der Waals surface area contributed by atoms with Crippen LogP contribution < -0.4 is 4.74 Å². The maximum absolute atomic E-state index is 14.0. The van der Waals surface area contributed by atoms with Crippen molar-refractivity contribution in [2.24, 2.45) is 5.41 Å². The lowest BCUT2D eigenvalue weighted by molar-refractivity contribution is -0.146. The number of aliphatic carboxylic acids is 1. The van der Waals surface area contributed by atoms with Crippen molar-refractivity contribution in [2.75, 3.05) is 7.11 Å². The van der Waals surface area contributed by atoms with E-state index in [2.05, 4.69) is 0 Å². The molecule has 1 aromatic carbocycles. The number of alkyl halides is 1. The maximum Gasteiger partial charge on any atom is 0.309 e. The standard InChI is InChI=1S/C15H21FO3/c1-14(2,13(17)18)9-10-8-11(15(3,4)16)6-7-12(10)19-5/h6-8H,9H2,1-5H3,(H,17,18). The van der Waals surface area contributed by atoms with Crippen LogP contribution in [0.1, 0.15) is 38.8 Å².